The molecule has 0 aromatic heterocycles. The molecule has 4 heteroatoms. The van der Waals surface area contributed by atoms with Crippen LogP contribution in [0.25, 0.3) is 0 Å². The number of allylic oxidation sites excluding steroid dienone is 2. The maximum absolute atomic E-state index is 11.3. The van der Waals surface area contributed by atoms with Crippen LogP contribution in [0.3, 0.4) is 0 Å². The molecule has 0 saturated heterocycles. The third kappa shape index (κ3) is 1.74. The highest BCUT2D eigenvalue weighted by Gasteiger charge is 2.38. The number of benzene rings is 1. The number of carbonyl (C=O) groups excluding carboxylic acids is 1. The summed E-state index contributed by atoms with van der Waals surface area (Å²) in [6.07, 6.45) is 5.02. The standard InChI is InChI=1S/C14H14INO2/c1-7-5-8(15)6-11-9-3-2-4-10(9)13(14(17)18)16-12(7)11/h2-3,5-6,9-10,13,16H,4H2,1H3,(H,17,18)/p-1/t9-,10+,13+/m1/s1. The number of aryl methyl sites for hydroxylation is 1. The molecule has 1 heterocycles. The van der Waals surface area contributed by atoms with Crippen LogP contribution in [-0.4, -0.2) is 12.0 Å². The van der Waals surface area contributed by atoms with Gasteiger partial charge in [0.25, 0.3) is 0 Å². The van der Waals surface area contributed by atoms with Gasteiger partial charge in [0.1, 0.15) is 0 Å². The van der Waals surface area contributed by atoms with Gasteiger partial charge in [-0.25, -0.2) is 0 Å². The summed E-state index contributed by atoms with van der Waals surface area (Å²) in [5, 5.41) is 14.4. The second-order valence-corrected chi connectivity index (χ2v) is 6.23. The quantitative estimate of drug-likeness (QED) is 0.618. The van der Waals surface area contributed by atoms with Gasteiger partial charge in [0.15, 0.2) is 0 Å². The van der Waals surface area contributed by atoms with Gasteiger partial charge in [-0.2, -0.15) is 0 Å². The van der Waals surface area contributed by atoms with E-state index in [0.717, 1.165) is 17.7 Å². The molecule has 3 atom stereocenters. The van der Waals surface area contributed by atoms with Gasteiger partial charge in [-0.3, -0.25) is 0 Å². The zero-order chi connectivity index (χ0) is 12.9. The van der Waals surface area contributed by atoms with E-state index in [1.807, 2.05) is 6.92 Å². The van der Waals surface area contributed by atoms with Crippen molar-refractivity contribution in [1.29, 1.82) is 0 Å². The Morgan fingerprint density at radius 3 is 3.00 bits per heavy atom. The Labute approximate surface area is 119 Å². The van der Waals surface area contributed by atoms with Crippen LogP contribution in [0.1, 0.15) is 23.5 Å². The highest BCUT2D eigenvalue weighted by molar-refractivity contribution is 14.1. The van der Waals surface area contributed by atoms with Crippen molar-refractivity contribution in [3.05, 3.63) is 39.0 Å². The lowest BCUT2D eigenvalue weighted by Gasteiger charge is -2.38. The van der Waals surface area contributed by atoms with Crippen LogP contribution in [0.4, 0.5) is 5.69 Å². The maximum atomic E-state index is 11.3. The Morgan fingerprint density at radius 1 is 1.50 bits per heavy atom. The molecule has 3 rings (SSSR count). The van der Waals surface area contributed by atoms with E-state index in [-0.39, 0.29) is 11.8 Å². The Balaban J connectivity index is 2.14. The average Bonchev–Trinajstić information content (AvgIpc) is 2.76. The fourth-order valence-corrected chi connectivity index (χ4v) is 3.88. The monoisotopic (exact) mass is 354 g/mol. The number of carboxylic acid groups (broad SMARTS) is 1. The van der Waals surface area contributed by atoms with Crippen molar-refractivity contribution in [3.63, 3.8) is 0 Å². The number of rotatable bonds is 1. The normalized spacial score (nSPS) is 28.4. The zero-order valence-electron chi connectivity index (χ0n) is 9.94. The predicted octanol–water partition coefficient (Wildman–Crippen LogP) is 1.80. The molecular weight excluding hydrogens is 341 g/mol. The number of hydrogen-bond donors (Lipinski definition) is 1. The summed E-state index contributed by atoms with van der Waals surface area (Å²) in [6, 6.07) is 3.63. The van der Waals surface area contributed by atoms with Crippen LogP contribution in [0.15, 0.2) is 24.3 Å². The highest BCUT2D eigenvalue weighted by Crippen LogP contribution is 2.45. The van der Waals surface area contributed by atoms with E-state index in [1.165, 1.54) is 9.13 Å². The number of anilines is 1. The summed E-state index contributed by atoms with van der Waals surface area (Å²) in [5.41, 5.74) is 3.29. The van der Waals surface area contributed by atoms with Crippen LogP contribution < -0.4 is 10.4 Å². The van der Waals surface area contributed by atoms with Crippen molar-refractivity contribution < 1.29 is 9.90 Å². The minimum Gasteiger partial charge on any atom is -0.548 e. The van der Waals surface area contributed by atoms with E-state index in [4.69, 9.17) is 0 Å². The van der Waals surface area contributed by atoms with Gasteiger partial charge < -0.3 is 15.2 Å². The number of nitrogens with one attached hydrogen (secondary N) is 1. The minimum absolute atomic E-state index is 0.0834. The molecule has 1 aromatic carbocycles. The van der Waals surface area contributed by atoms with E-state index in [0.29, 0.717) is 0 Å². The topological polar surface area (TPSA) is 52.2 Å². The summed E-state index contributed by atoms with van der Waals surface area (Å²) in [4.78, 5) is 11.3. The number of hydrogen-bond acceptors (Lipinski definition) is 3. The first kappa shape index (κ1) is 12.0. The third-order valence-electron chi connectivity index (χ3n) is 3.88. The van der Waals surface area contributed by atoms with Crippen LogP contribution in [0.5, 0.6) is 0 Å². The van der Waals surface area contributed by atoms with Gasteiger partial charge in [-0.1, -0.05) is 12.2 Å². The highest BCUT2D eigenvalue weighted by atomic mass is 127. The molecule has 94 valence electrons. The lowest BCUT2D eigenvalue weighted by Crippen LogP contribution is -2.49. The maximum Gasteiger partial charge on any atom is 0.0698 e. The fraction of sp³-hybridized carbons (Fsp3) is 0.357. The largest absolute Gasteiger partial charge is 0.548 e. The second-order valence-electron chi connectivity index (χ2n) is 4.98. The Morgan fingerprint density at radius 2 is 2.28 bits per heavy atom. The van der Waals surface area contributed by atoms with E-state index in [2.05, 4.69) is 52.2 Å². The first-order valence-electron chi connectivity index (χ1n) is 6.02. The number of carboxylic acids is 1. The fourth-order valence-electron chi connectivity index (χ4n) is 3.07. The van der Waals surface area contributed by atoms with Crippen LogP contribution >= 0.6 is 22.6 Å². The van der Waals surface area contributed by atoms with Gasteiger partial charge in [-0.15, -0.1) is 0 Å². The van der Waals surface area contributed by atoms with E-state index < -0.39 is 12.0 Å². The van der Waals surface area contributed by atoms with Crippen molar-refractivity contribution in [2.45, 2.75) is 25.3 Å². The van der Waals surface area contributed by atoms with Crippen LogP contribution in [0.2, 0.25) is 0 Å². The number of fused-ring (bicyclic) bond motifs is 3. The van der Waals surface area contributed by atoms with Gasteiger partial charge in [-0.05, 0) is 65.1 Å². The molecular formula is C14H13INO2-. The summed E-state index contributed by atoms with van der Waals surface area (Å²) in [5.74, 6) is -0.713. The zero-order valence-corrected chi connectivity index (χ0v) is 12.1. The van der Waals surface area contributed by atoms with E-state index in [9.17, 15) is 9.90 Å². The molecule has 0 fully saturated rings. The van der Waals surface area contributed by atoms with Gasteiger partial charge in [0.05, 0.1) is 12.0 Å². The van der Waals surface area contributed by atoms with Gasteiger partial charge >= 0.3 is 0 Å². The molecule has 1 N–H and O–H groups in total. The van der Waals surface area contributed by atoms with Crippen molar-refractivity contribution in [3.8, 4) is 0 Å². The third-order valence-corrected chi connectivity index (χ3v) is 4.51. The molecule has 18 heavy (non-hydrogen) atoms. The van der Waals surface area contributed by atoms with E-state index in [1.54, 1.807) is 0 Å². The Bertz CT molecular complexity index is 553. The van der Waals surface area contributed by atoms with Gasteiger partial charge in [0.2, 0.25) is 0 Å². The molecule has 2 aliphatic rings. The smallest absolute Gasteiger partial charge is 0.0698 e. The molecule has 3 nitrogen and oxygen atoms in total. The summed E-state index contributed by atoms with van der Waals surface area (Å²) in [7, 11) is 0. The molecule has 1 aliphatic carbocycles. The van der Waals surface area contributed by atoms with Crippen molar-refractivity contribution in [2.24, 2.45) is 5.92 Å². The Kier molecular flexibility index (Phi) is 2.84. The van der Waals surface area contributed by atoms with Crippen molar-refractivity contribution >= 4 is 34.2 Å². The van der Waals surface area contributed by atoms with Crippen molar-refractivity contribution in [2.75, 3.05) is 5.32 Å². The first-order chi connectivity index (χ1) is 8.58. The molecule has 0 bridgehead atoms. The molecule has 0 amide bonds. The molecule has 1 aromatic rings. The van der Waals surface area contributed by atoms with Crippen molar-refractivity contribution in [1.82, 2.24) is 0 Å². The Hall–Kier alpha value is -1.04. The number of carbonyl (C=O) groups is 1. The van der Waals surface area contributed by atoms with Crippen LogP contribution in [-0.2, 0) is 4.79 Å². The summed E-state index contributed by atoms with van der Waals surface area (Å²) < 4.78 is 1.19. The average molecular weight is 354 g/mol. The predicted molar refractivity (Wildman–Crippen MR) is 76.3 cm³/mol. The second kappa shape index (κ2) is 4.26. The van der Waals surface area contributed by atoms with Gasteiger partial charge in [0, 0.05) is 15.2 Å². The first-order valence-corrected chi connectivity index (χ1v) is 7.10. The number of halogens is 1. The molecule has 0 saturated carbocycles. The number of aliphatic carboxylic acids is 1. The SMILES string of the molecule is Cc1cc(I)cc2c1N[C@H](C(=O)[O-])[C@H]1CC=C[C@@H]21. The molecule has 1 aliphatic heterocycles. The lowest BCUT2D eigenvalue weighted by atomic mass is 9.78. The molecule has 0 spiro atoms. The lowest BCUT2D eigenvalue weighted by molar-refractivity contribution is -0.308. The minimum atomic E-state index is -1.00. The summed E-state index contributed by atoms with van der Waals surface area (Å²) in [6.45, 7) is 2.01. The molecule has 0 unspecified atom stereocenters. The van der Waals surface area contributed by atoms with Crippen LogP contribution in [0, 0.1) is 16.4 Å². The molecule has 0 radical (unpaired) electrons. The summed E-state index contributed by atoms with van der Waals surface area (Å²) >= 11 is 2.30. The van der Waals surface area contributed by atoms with E-state index >= 15 is 0 Å².